The molecule has 1 amide bonds. The van der Waals surface area contributed by atoms with Crippen molar-refractivity contribution in [3.8, 4) is 17.2 Å². The molecule has 5 nitrogen and oxygen atoms in total. The fourth-order valence-corrected chi connectivity index (χ4v) is 3.47. The number of rotatable bonds is 3. The summed E-state index contributed by atoms with van der Waals surface area (Å²) in [6.45, 7) is 0.649. The Hall–Kier alpha value is -3.60. The van der Waals surface area contributed by atoms with E-state index < -0.39 is 11.9 Å². The Morgan fingerprint density at radius 3 is 2.79 bits per heavy atom. The predicted molar refractivity (Wildman–Crippen MR) is 98.6 cm³/mol. The molecule has 0 aliphatic carbocycles. The van der Waals surface area contributed by atoms with E-state index in [0.29, 0.717) is 35.2 Å². The van der Waals surface area contributed by atoms with Crippen LogP contribution >= 0.6 is 0 Å². The second-order valence-corrected chi connectivity index (χ2v) is 6.78. The summed E-state index contributed by atoms with van der Waals surface area (Å²) in [4.78, 5) is 15.9. The monoisotopic (exact) mass is 396 g/mol. The van der Waals surface area contributed by atoms with Gasteiger partial charge in [0.05, 0.1) is 17.7 Å². The number of alkyl halides is 3. The van der Waals surface area contributed by atoms with Gasteiger partial charge in [-0.25, -0.2) is 0 Å². The van der Waals surface area contributed by atoms with Crippen LogP contribution in [-0.4, -0.2) is 15.5 Å². The van der Waals surface area contributed by atoms with Gasteiger partial charge < -0.3 is 9.88 Å². The second kappa shape index (κ2) is 7.09. The third-order valence-corrected chi connectivity index (χ3v) is 4.89. The molecule has 0 unspecified atom stereocenters. The number of halogens is 3. The van der Waals surface area contributed by atoms with Crippen molar-refractivity contribution in [3.63, 3.8) is 0 Å². The minimum atomic E-state index is -4.51. The van der Waals surface area contributed by atoms with E-state index in [1.165, 1.54) is 12.1 Å². The Kier molecular flexibility index (Phi) is 4.59. The van der Waals surface area contributed by atoms with Gasteiger partial charge in [0.25, 0.3) is 5.91 Å². The number of benzene rings is 1. The molecular weight excluding hydrogens is 381 g/mol. The average molecular weight is 396 g/mol. The standard InChI is InChI=1S/C21H15F3N4O/c22-21(23,24)19-10-14(4-6-26-19)16-9-18-17(5-7-28(18)12-16)27-20(29)15-3-1-2-13(8-15)11-25/h1-4,6,8-10,12,17H,5,7H2,(H,27,29)/t17-/m0/s1. The summed E-state index contributed by atoms with van der Waals surface area (Å²) in [5.74, 6) is -0.299. The summed E-state index contributed by atoms with van der Waals surface area (Å²) in [6, 6.07) is 12.5. The van der Waals surface area contributed by atoms with Crippen molar-refractivity contribution in [1.29, 1.82) is 5.26 Å². The molecule has 29 heavy (non-hydrogen) atoms. The maximum atomic E-state index is 12.9. The predicted octanol–water partition coefficient (Wildman–Crippen LogP) is 4.32. The van der Waals surface area contributed by atoms with Gasteiger partial charge in [-0.2, -0.15) is 18.4 Å². The first kappa shape index (κ1) is 18.7. The molecule has 146 valence electrons. The van der Waals surface area contributed by atoms with Crippen LogP contribution in [0, 0.1) is 11.3 Å². The highest BCUT2D eigenvalue weighted by atomic mass is 19.4. The zero-order chi connectivity index (χ0) is 20.6. The van der Waals surface area contributed by atoms with E-state index in [0.717, 1.165) is 18.0 Å². The van der Waals surface area contributed by atoms with Crippen molar-refractivity contribution >= 4 is 5.91 Å². The molecule has 2 aromatic heterocycles. The van der Waals surface area contributed by atoms with Gasteiger partial charge in [0.15, 0.2) is 0 Å². The van der Waals surface area contributed by atoms with Crippen molar-refractivity contribution < 1.29 is 18.0 Å². The molecule has 1 atom stereocenters. The lowest BCUT2D eigenvalue weighted by Gasteiger charge is -2.12. The summed E-state index contributed by atoms with van der Waals surface area (Å²) in [5.41, 5.74) is 1.73. The molecule has 0 saturated carbocycles. The summed E-state index contributed by atoms with van der Waals surface area (Å²) < 4.78 is 40.7. The van der Waals surface area contributed by atoms with Gasteiger partial charge in [-0.15, -0.1) is 0 Å². The highest BCUT2D eigenvalue weighted by molar-refractivity contribution is 5.94. The van der Waals surface area contributed by atoms with Gasteiger partial charge in [0, 0.05) is 30.2 Å². The fourth-order valence-electron chi connectivity index (χ4n) is 3.47. The van der Waals surface area contributed by atoms with Gasteiger partial charge in [-0.1, -0.05) is 6.07 Å². The zero-order valence-electron chi connectivity index (χ0n) is 15.1. The number of nitrogens with one attached hydrogen (secondary N) is 1. The average Bonchev–Trinajstić information content (AvgIpc) is 3.29. The highest BCUT2D eigenvalue weighted by Crippen LogP contribution is 2.34. The molecule has 3 aromatic rings. The molecule has 0 bridgehead atoms. The summed E-state index contributed by atoms with van der Waals surface area (Å²) in [5, 5.41) is 11.9. The smallest absolute Gasteiger partial charge is 0.349 e. The number of nitrogens with zero attached hydrogens (tertiary/aromatic N) is 3. The van der Waals surface area contributed by atoms with Crippen LogP contribution in [-0.2, 0) is 12.7 Å². The lowest BCUT2D eigenvalue weighted by molar-refractivity contribution is -0.141. The molecule has 4 rings (SSSR count). The molecule has 0 radical (unpaired) electrons. The lowest BCUT2D eigenvalue weighted by atomic mass is 10.1. The SMILES string of the molecule is N#Cc1cccc(C(=O)N[C@H]2CCn3cc(-c4ccnc(C(F)(F)F)c4)cc32)c1. The lowest BCUT2D eigenvalue weighted by Crippen LogP contribution is -2.27. The van der Waals surface area contributed by atoms with Crippen LogP contribution in [0.2, 0.25) is 0 Å². The first-order valence-corrected chi connectivity index (χ1v) is 8.90. The van der Waals surface area contributed by atoms with E-state index in [2.05, 4.69) is 10.3 Å². The minimum absolute atomic E-state index is 0.258. The Bertz CT molecular complexity index is 1130. The van der Waals surface area contributed by atoms with E-state index in [4.69, 9.17) is 5.26 Å². The maximum absolute atomic E-state index is 12.9. The molecule has 0 spiro atoms. The third kappa shape index (κ3) is 3.72. The van der Waals surface area contributed by atoms with E-state index in [-0.39, 0.29) is 11.9 Å². The molecular formula is C21H15F3N4O. The van der Waals surface area contributed by atoms with Gasteiger partial charge >= 0.3 is 6.18 Å². The summed E-state index contributed by atoms with van der Waals surface area (Å²) >= 11 is 0. The van der Waals surface area contributed by atoms with Gasteiger partial charge in [0.1, 0.15) is 5.69 Å². The van der Waals surface area contributed by atoms with Crippen LogP contribution in [0.15, 0.2) is 54.9 Å². The van der Waals surface area contributed by atoms with Crippen molar-refractivity contribution in [1.82, 2.24) is 14.9 Å². The fraction of sp³-hybridized carbons (Fsp3) is 0.190. The van der Waals surface area contributed by atoms with E-state index >= 15 is 0 Å². The molecule has 0 fully saturated rings. The van der Waals surface area contributed by atoms with Gasteiger partial charge in [0.2, 0.25) is 0 Å². The topological polar surface area (TPSA) is 70.7 Å². The Morgan fingerprint density at radius 2 is 2.03 bits per heavy atom. The first-order chi connectivity index (χ1) is 13.8. The van der Waals surface area contributed by atoms with Gasteiger partial charge in [-0.3, -0.25) is 9.78 Å². The number of aromatic nitrogens is 2. The number of hydrogen-bond donors (Lipinski definition) is 1. The first-order valence-electron chi connectivity index (χ1n) is 8.90. The number of hydrogen-bond acceptors (Lipinski definition) is 3. The van der Waals surface area contributed by atoms with Crippen molar-refractivity contribution in [2.75, 3.05) is 0 Å². The van der Waals surface area contributed by atoms with Gasteiger partial charge in [-0.05, 0) is 53.9 Å². The van der Waals surface area contributed by atoms with Crippen LogP contribution < -0.4 is 5.32 Å². The van der Waals surface area contributed by atoms with Crippen LogP contribution in [0.1, 0.15) is 39.8 Å². The number of nitriles is 1. The van der Waals surface area contributed by atoms with Crippen molar-refractivity contribution in [2.24, 2.45) is 0 Å². The third-order valence-electron chi connectivity index (χ3n) is 4.89. The summed E-state index contributed by atoms with van der Waals surface area (Å²) in [6.07, 6.45) is -0.897. The Labute approximate surface area is 164 Å². The van der Waals surface area contributed by atoms with E-state index in [1.54, 1.807) is 30.5 Å². The minimum Gasteiger partial charge on any atom is -0.349 e. The van der Waals surface area contributed by atoms with E-state index in [1.807, 2.05) is 10.6 Å². The molecule has 8 heteroatoms. The largest absolute Gasteiger partial charge is 0.433 e. The number of carbonyl (C=O) groups excluding carboxylic acids is 1. The summed E-state index contributed by atoms with van der Waals surface area (Å²) in [7, 11) is 0. The number of pyridine rings is 1. The van der Waals surface area contributed by atoms with Crippen molar-refractivity contribution in [2.45, 2.75) is 25.2 Å². The Morgan fingerprint density at radius 1 is 1.21 bits per heavy atom. The number of fused-ring (bicyclic) bond motifs is 1. The molecule has 1 aliphatic rings. The highest BCUT2D eigenvalue weighted by Gasteiger charge is 2.33. The number of amides is 1. The quantitative estimate of drug-likeness (QED) is 0.717. The van der Waals surface area contributed by atoms with Crippen LogP contribution in [0.5, 0.6) is 0 Å². The maximum Gasteiger partial charge on any atom is 0.433 e. The Balaban J connectivity index is 1.57. The molecule has 0 saturated heterocycles. The van der Waals surface area contributed by atoms with Crippen LogP contribution in [0.4, 0.5) is 13.2 Å². The molecule has 1 aliphatic heterocycles. The second-order valence-electron chi connectivity index (χ2n) is 6.78. The molecule has 1 N–H and O–H groups in total. The van der Waals surface area contributed by atoms with Crippen LogP contribution in [0.3, 0.4) is 0 Å². The van der Waals surface area contributed by atoms with Crippen molar-refractivity contribution in [3.05, 3.63) is 77.4 Å². The van der Waals surface area contributed by atoms with Crippen LogP contribution in [0.25, 0.3) is 11.1 Å². The molecule has 3 heterocycles. The molecule has 1 aromatic carbocycles. The van der Waals surface area contributed by atoms with E-state index in [9.17, 15) is 18.0 Å². The normalized spacial score (nSPS) is 15.6. The number of aryl methyl sites for hydroxylation is 1. The zero-order valence-corrected chi connectivity index (χ0v) is 15.1. The number of carbonyl (C=O) groups is 1.